The summed E-state index contributed by atoms with van der Waals surface area (Å²) in [6.07, 6.45) is -9.48. The van der Waals surface area contributed by atoms with Crippen molar-refractivity contribution in [3.63, 3.8) is 0 Å². The van der Waals surface area contributed by atoms with Crippen LogP contribution in [0.25, 0.3) is 0 Å². The quantitative estimate of drug-likeness (QED) is 0.0970. The van der Waals surface area contributed by atoms with Gasteiger partial charge >= 0.3 is 12.4 Å². The van der Waals surface area contributed by atoms with Gasteiger partial charge in [0, 0.05) is 13.1 Å². The van der Waals surface area contributed by atoms with E-state index in [0.29, 0.717) is 22.3 Å². The van der Waals surface area contributed by atoms with Gasteiger partial charge in [0.2, 0.25) is 23.3 Å². The maximum absolute atomic E-state index is 14.2. The molecule has 0 saturated carbocycles. The predicted octanol–water partition coefficient (Wildman–Crippen LogP) is 6.82. The zero-order valence-corrected chi connectivity index (χ0v) is 29.5. The molecule has 16 heteroatoms. The number of carbonyl (C=O) groups excluding carboxylic acids is 2. The SMILES string of the molecule is COc1cc(C[C@H](C(=O)NCc2ccc(C(F)(F)F)cc2)[C@@H](Cc2cc(OC)c(O)c(OC)c2)C(=O)NCc2ccc(C(F)(F)F)cc2)cc(OC)c1O. The molecule has 2 atom stereocenters. The van der Waals surface area contributed by atoms with Crippen molar-refractivity contribution >= 4 is 11.8 Å². The van der Waals surface area contributed by atoms with Gasteiger partial charge in [-0.25, -0.2) is 0 Å². The summed E-state index contributed by atoms with van der Waals surface area (Å²) in [6, 6.07) is 14.1. The first-order valence-electron chi connectivity index (χ1n) is 16.2. The second-order valence-corrected chi connectivity index (χ2v) is 12.1. The molecule has 10 nitrogen and oxygen atoms in total. The van der Waals surface area contributed by atoms with Crippen molar-refractivity contribution in [3.8, 4) is 34.5 Å². The Kier molecular flexibility index (Phi) is 13.2. The molecule has 0 aliphatic rings. The van der Waals surface area contributed by atoms with Crippen LogP contribution in [0.1, 0.15) is 33.4 Å². The number of alkyl halides is 6. The molecule has 4 aromatic carbocycles. The van der Waals surface area contributed by atoms with Crippen LogP contribution in [0.2, 0.25) is 0 Å². The fourth-order valence-corrected chi connectivity index (χ4v) is 5.74. The highest BCUT2D eigenvalue weighted by Crippen LogP contribution is 2.40. The number of benzene rings is 4. The summed E-state index contributed by atoms with van der Waals surface area (Å²) in [6.45, 7) is -0.424. The van der Waals surface area contributed by atoms with Gasteiger partial charge in [-0.1, -0.05) is 24.3 Å². The number of carbonyl (C=O) groups is 2. The van der Waals surface area contributed by atoms with Crippen LogP contribution in [-0.2, 0) is 47.9 Å². The minimum absolute atomic E-state index is 0.00424. The molecular formula is C38H38F6N2O8. The molecule has 0 aliphatic carbocycles. The van der Waals surface area contributed by atoms with E-state index >= 15 is 0 Å². The molecule has 0 aromatic heterocycles. The van der Waals surface area contributed by atoms with E-state index in [2.05, 4.69) is 10.6 Å². The Morgan fingerprint density at radius 1 is 0.537 bits per heavy atom. The van der Waals surface area contributed by atoms with Crippen LogP contribution in [0.4, 0.5) is 26.3 Å². The number of aromatic hydroxyl groups is 2. The lowest BCUT2D eigenvalue weighted by atomic mass is 9.81. The molecule has 54 heavy (non-hydrogen) atoms. The topological polar surface area (TPSA) is 136 Å². The van der Waals surface area contributed by atoms with E-state index in [1.54, 1.807) is 0 Å². The zero-order chi connectivity index (χ0) is 39.8. The van der Waals surface area contributed by atoms with E-state index in [1.165, 1.54) is 77.0 Å². The Morgan fingerprint density at radius 3 is 1.06 bits per heavy atom. The summed E-state index contributed by atoms with van der Waals surface area (Å²) in [5.74, 6) is -4.47. The predicted molar refractivity (Wildman–Crippen MR) is 183 cm³/mol. The van der Waals surface area contributed by atoms with Gasteiger partial charge in [0.25, 0.3) is 0 Å². The molecule has 4 rings (SSSR count). The van der Waals surface area contributed by atoms with E-state index in [0.717, 1.165) is 24.3 Å². The first kappa shape index (κ1) is 41.0. The summed E-state index contributed by atoms with van der Waals surface area (Å²) in [7, 11) is 5.20. The van der Waals surface area contributed by atoms with Crippen molar-refractivity contribution in [2.24, 2.45) is 11.8 Å². The highest BCUT2D eigenvalue weighted by Gasteiger charge is 2.36. The van der Waals surface area contributed by atoms with Gasteiger partial charge in [-0.2, -0.15) is 26.3 Å². The molecule has 4 N–H and O–H groups in total. The molecule has 2 amide bonds. The van der Waals surface area contributed by atoms with Crippen molar-refractivity contribution in [3.05, 3.63) is 106 Å². The number of hydrogen-bond acceptors (Lipinski definition) is 8. The van der Waals surface area contributed by atoms with Crippen LogP contribution in [-0.4, -0.2) is 50.5 Å². The maximum atomic E-state index is 14.2. The average molecular weight is 765 g/mol. The number of phenolic OH excluding ortho intramolecular Hbond substituents is 2. The van der Waals surface area contributed by atoms with E-state index in [4.69, 9.17) is 18.9 Å². The molecule has 0 fully saturated rings. The van der Waals surface area contributed by atoms with E-state index in [1.807, 2.05) is 0 Å². The van der Waals surface area contributed by atoms with Crippen molar-refractivity contribution in [1.29, 1.82) is 0 Å². The Labute approximate surface area is 306 Å². The average Bonchev–Trinajstić information content (AvgIpc) is 3.14. The van der Waals surface area contributed by atoms with Gasteiger partial charge in [0.1, 0.15) is 0 Å². The molecule has 0 radical (unpaired) electrons. The molecule has 0 saturated heterocycles. The third-order valence-corrected chi connectivity index (χ3v) is 8.65. The normalized spacial score (nSPS) is 12.7. The van der Waals surface area contributed by atoms with Gasteiger partial charge in [0.15, 0.2) is 23.0 Å². The van der Waals surface area contributed by atoms with Gasteiger partial charge in [-0.3, -0.25) is 9.59 Å². The van der Waals surface area contributed by atoms with Gasteiger partial charge < -0.3 is 39.8 Å². The standard InChI is InChI=1S/C38H38F6N2O8/c1-51-29-15-23(16-30(52-2)33(29)47)13-27(35(49)45-19-21-5-9-25(10-6-21)37(39,40)41)28(14-24-17-31(53-3)34(48)32(18-24)54-4)36(50)46-20-22-7-11-26(12-8-22)38(42,43)44/h5-12,15-18,27-28,47-48H,13-14,19-20H2,1-4H3,(H,45,49)(H,46,50)/t27-,28+. The first-order chi connectivity index (χ1) is 25.5. The highest BCUT2D eigenvalue weighted by atomic mass is 19.4. The number of rotatable bonds is 15. The van der Waals surface area contributed by atoms with Gasteiger partial charge in [0.05, 0.1) is 51.4 Å². The minimum Gasteiger partial charge on any atom is -0.502 e. The lowest BCUT2D eigenvalue weighted by molar-refractivity contribution is -0.138. The van der Waals surface area contributed by atoms with Gasteiger partial charge in [-0.15, -0.1) is 0 Å². The zero-order valence-electron chi connectivity index (χ0n) is 29.5. The summed E-state index contributed by atoms with van der Waals surface area (Å²) in [5, 5.41) is 26.5. The molecule has 0 aliphatic heterocycles. The Balaban J connectivity index is 1.76. The molecule has 290 valence electrons. The maximum Gasteiger partial charge on any atom is 0.416 e. The van der Waals surface area contributed by atoms with E-state index in [9.17, 15) is 46.1 Å². The number of amides is 2. The summed E-state index contributed by atoms with van der Waals surface area (Å²) >= 11 is 0. The monoisotopic (exact) mass is 764 g/mol. The number of halogens is 6. The molecule has 0 spiro atoms. The van der Waals surface area contributed by atoms with Crippen LogP contribution in [0.15, 0.2) is 72.8 Å². The smallest absolute Gasteiger partial charge is 0.416 e. The number of ether oxygens (including phenoxy) is 4. The minimum atomic E-state index is -4.57. The summed E-state index contributed by atoms with van der Waals surface area (Å²) in [4.78, 5) is 28.4. The number of nitrogens with one attached hydrogen (secondary N) is 2. The van der Waals surface area contributed by atoms with E-state index < -0.39 is 47.1 Å². The molecule has 0 heterocycles. The Hall–Kier alpha value is -5.80. The van der Waals surface area contributed by atoms with Crippen LogP contribution < -0.4 is 29.6 Å². The lowest BCUT2D eigenvalue weighted by Crippen LogP contribution is -2.44. The lowest BCUT2D eigenvalue weighted by Gasteiger charge is -2.27. The van der Waals surface area contributed by atoms with Crippen molar-refractivity contribution in [2.45, 2.75) is 38.3 Å². The van der Waals surface area contributed by atoms with Crippen molar-refractivity contribution in [1.82, 2.24) is 10.6 Å². The van der Waals surface area contributed by atoms with Crippen molar-refractivity contribution in [2.75, 3.05) is 28.4 Å². The third-order valence-electron chi connectivity index (χ3n) is 8.65. The van der Waals surface area contributed by atoms with Crippen molar-refractivity contribution < 1.29 is 65.1 Å². The van der Waals surface area contributed by atoms with Crippen LogP contribution in [0.3, 0.4) is 0 Å². The first-order valence-corrected chi connectivity index (χ1v) is 16.2. The number of phenols is 2. The van der Waals surface area contributed by atoms with Crippen LogP contribution in [0, 0.1) is 11.8 Å². The molecule has 0 unspecified atom stereocenters. The highest BCUT2D eigenvalue weighted by molar-refractivity contribution is 5.88. The van der Waals surface area contributed by atoms with E-state index in [-0.39, 0.29) is 60.4 Å². The number of methoxy groups -OCH3 is 4. The third kappa shape index (κ3) is 10.2. The fraction of sp³-hybridized carbons (Fsp3) is 0.316. The summed E-state index contributed by atoms with van der Waals surface area (Å²) in [5.41, 5.74) is -0.320. The number of hydrogen-bond donors (Lipinski definition) is 4. The molecule has 0 bridgehead atoms. The fourth-order valence-electron chi connectivity index (χ4n) is 5.74. The Morgan fingerprint density at radius 2 is 0.815 bits per heavy atom. The van der Waals surface area contributed by atoms with Crippen LogP contribution >= 0.6 is 0 Å². The second-order valence-electron chi connectivity index (χ2n) is 12.1. The second kappa shape index (κ2) is 17.4. The van der Waals surface area contributed by atoms with Crippen LogP contribution in [0.5, 0.6) is 34.5 Å². The molecule has 4 aromatic rings. The van der Waals surface area contributed by atoms with Gasteiger partial charge in [-0.05, 0) is 83.6 Å². The largest absolute Gasteiger partial charge is 0.502 e. The summed E-state index contributed by atoms with van der Waals surface area (Å²) < 4.78 is 100. The Bertz CT molecular complexity index is 1730. The molecular weight excluding hydrogens is 726 g/mol.